The maximum atomic E-state index is 12.1. The molecule has 0 amide bonds. The van der Waals surface area contributed by atoms with E-state index in [0.717, 1.165) is 0 Å². The largest absolute Gasteiger partial charge is 0.490 e. The molecule has 9 nitrogen and oxygen atoms in total. The van der Waals surface area contributed by atoms with Gasteiger partial charge in [0.25, 0.3) is 5.56 Å². The van der Waals surface area contributed by atoms with Gasteiger partial charge in [-0.25, -0.2) is 4.79 Å². The van der Waals surface area contributed by atoms with Crippen molar-refractivity contribution >= 4 is 11.8 Å². The van der Waals surface area contributed by atoms with Gasteiger partial charge in [0.15, 0.2) is 18.1 Å². The van der Waals surface area contributed by atoms with Gasteiger partial charge in [-0.15, -0.1) is 0 Å². The summed E-state index contributed by atoms with van der Waals surface area (Å²) in [6.07, 6.45) is 0. The highest BCUT2D eigenvalue weighted by atomic mass is 16.6. The molecule has 1 aromatic heterocycles. The number of nitrogen functional groups attached to an aromatic ring is 1. The summed E-state index contributed by atoms with van der Waals surface area (Å²) in [5.41, 5.74) is 5.24. The van der Waals surface area contributed by atoms with Crippen LogP contribution in [0.5, 0.6) is 11.5 Å². The molecule has 2 aromatic rings. The Morgan fingerprint density at radius 1 is 1.11 bits per heavy atom. The second-order valence-electron chi connectivity index (χ2n) is 5.40. The van der Waals surface area contributed by atoms with Gasteiger partial charge in [0, 0.05) is 5.56 Å². The Morgan fingerprint density at radius 3 is 2.43 bits per heavy atom. The zero-order chi connectivity index (χ0) is 20.7. The monoisotopic (exact) mass is 382 g/mol. The number of nitriles is 2. The predicted octanol–water partition coefficient (Wildman–Crippen LogP) is 1.71. The van der Waals surface area contributed by atoms with E-state index in [1.807, 2.05) is 6.07 Å². The molecule has 1 aromatic carbocycles. The fourth-order valence-electron chi connectivity index (χ4n) is 2.52. The SMILES string of the molecule is CCOC(=O)COc1ccc(-c2c(C#N)c(N)[nH]c(=O)c2C#N)cc1OCC. The molecule has 28 heavy (non-hydrogen) atoms. The van der Waals surface area contributed by atoms with E-state index in [1.165, 1.54) is 12.1 Å². The Labute approximate surface area is 160 Å². The van der Waals surface area contributed by atoms with Crippen LogP contribution in [-0.4, -0.2) is 30.8 Å². The number of aromatic nitrogens is 1. The van der Waals surface area contributed by atoms with Crippen molar-refractivity contribution in [2.24, 2.45) is 0 Å². The van der Waals surface area contributed by atoms with Crippen LogP contribution in [0, 0.1) is 22.7 Å². The standard InChI is InChI=1S/C19H18N4O5/c1-3-26-15-7-11(5-6-14(15)28-10-16(24)27-4-2)17-12(8-20)18(22)23-19(25)13(17)9-21/h5-7H,3-4,10H2,1-2H3,(H3,22,23,25). The van der Waals surface area contributed by atoms with Gasteiger partial charge in [0.2, 0.25) is 0 Å². The second kappa shape index (κ2) is 9.10. The van der Waals surface area contributed by atoms with Crippen molar-refractivity contribution in [3.8, 4) is 34.8 Å². The number of carbonyl (C=O) groups is 1. The van der Waals surface area contributed by atoms with Crippen molar-refractivity contribution in [1.82, 2.24) is 4.98 Å². The summed E-state index contributed by atoms with van der Waals surface area (Å²) < 4.78 is 15.8. The molecule has 0 aliphatic carbocycles. The van der Waals surface area contributed by atoms with E-state index >= 15 is 0 Å². The predicted molar refractivity (Wildman–Crippen MR) is 99.6 cm³/mol. The fourth-order valence-corrected chi connectivity index (χ4v) is 2.52. The van der Waals surface area contributed by atoms with Gasteiger partial charge in [-0.05, 0) is 31.5 Å². The van der Waals surface area contributed by atoms with Crippen LogP contribution in [0.1, 0.15) is 25.0 Å². The summed E-state index contributed by atoms with van der Waals surface area (Å²) >= 11 is 0. The summed E-state index contributed by atoms with van der Waals surface area (Å²) in [4.78, 5) is 25.9. The van der Waals surface area contributed by atoms with Crippen LogP contribution in [0.25, 0.3) is 11.1 Å². The van der Waals surface area contributed by atoms with E-state index in [1.54, 1.807) is 26.0 Å². The molecule has 144 valence electrons. The number of H-pyrrole nitrogens is 1. The van der Waals surface area contributed by atoms with Crippen LogP contribution in [0.15, 0.2) is 23.0 Å². The molecular weight excluding hydrogens is 364 g/mol. The van der Waals surface area contributed by atoms with Crippen LogP contribution in [0.2, 0.25) is 0 Å². The minimum atomic E-state index is -0.699. The molecule has 0 radical (unpaired) electrons. The van der Waals surface area contributed by atoms with Gasteiger partial charge in [-0.2, -0.15) is 10.5 Å². The van der Waals surface area contributed by atoms with Gasteiger partial charge < -0.3 is 24.9 Å². The number of nitrogens with two attached hydrogens (primary N) is 1. The summed E-state index contributed by atoms with van der Waals surface area (Å²) in [6.45, 7) is 3.67. The first-order chi connectivity index (χ1) is 13.5. The van der Waals surface area contributed by atoms with Crippen LogP contribution in [-0.2, 0) is 9.53 Å². The third kappa shape index (κ3) is 4.22. The van der Waals surface area contributed by atoms with E-state index in [2.05, 4.69) is 4.98 Å². The summed E-state index contributed by atoms with van der Waals surface area (Å²) in [5.74, 6) is -0.124. The highest BCUT2D eigenvalue weighted by Crippen LogP contribution is 2.35. The van der Waals surface area contributed by atoms with E-state index < -0.39 is 11.5 Å². The van der Waals surface area contributed by atoms with Crippen LogP contribution in [0.3, 0.4) is 0 Å². The van der Waals surface area contributed by atoms with Crippen molar-refractivity contribution in [2.75, 3.05) is 25.6 Å². The van der Waals surface area contributed by atoms with Crippen molar-refractivity contribution in [1.29, 1.82) is 10.5 Å². The number of rotatable bonds is 7. The van der Waals surface area contributed by atoms with Gasteiger partial charge in [-0.1, -0.05) is 6.07 Å². The smallest absolute Gasteiger partial charge is 0.344 e. The zero-order valence-corrected chi connectivity index (χ0v) is 15.4. The number of carbonyl (C=O) groups excluding carboxylic acids is 1. The van der Waals surface area contributed by atoms with E-state index in [4.69, 9.17) is 19.9 Å². The number of esters is 1. The molecule has 0 aliphatic rings. The zero-order valence-electron chi connectivity index (χ0n) is 15.4. The molecule has 0 fully saturated rings. The van der Waals surface area contributed by atoms with Crippen LogP contribution < -0.4 is 20.8 Å². The number of hydrogen-bond acceptors (Lipinski definition) is 8. The molecule has 3 N–H and O–H groups in total. The van der Waals surface area contributed by atoms with Crippen molar-refractivity contribution in [3.63, 3.8) is 0 Å². The van der Waals surface area contributed by atoms with Gasteiger partial charge in [0.1, 0.15) is 29.1 Å². The van der Waals surface area contributed by atoms with Crippen LogP contribution in [0.4, 0.5) is 5.82 Å². The number of nitrogens with zero attached hydrogens (tertiary/aromatic N) is 2. The number of benzene rings is 1. The lowest BCUT2D eigenvalue weighted by Crippen LogP contribution is -2.16. The number of nitrogens with one attached hydrogen (secondary N) is 1. The summed E-state index contributed by atoms with van der Waals surface area (Å²) in [6, 6.07) is 8.27. The Bertz CT molecular complexity index is 1030. The third-order valence-corrected chi connectivity index (χ3v) is 3.65. The molecule has 9 heteroatoms. The van der Waals surface area contributed by atoms with Crippen molar-refractivity contribution in [3.05, 3.63) is 39.7 Å². The van der Waals surface area contributed by atoms with Crippen molar-refractivity contribution < 1.29 is 19.0 Å². The van der Waals surface area contributed by atoms with Gasteiger partial charge in [-0.3, -0.25) is 4.79 Å². The quantitative estimate of drug-likeness (QED) is 0.687. The molecule has 1 heterocycles. The lowest BCUT2D eigenvalue weighted by atomic mass is 9.96. The number of anilines is 1. The Kier molecular flexibility index (Phi) is 6.61. The Balaban J connectivity index is 2.56. The highest BCUT2D eigenvalue weighted by Gasteiger charge is 2.20. The van der Waals surface area contributed by atoms with E-state index in [0.29, 0.717) is 12.2 Å². The Hall–Kier alpha value is -3.98. The lowest BCUT2D eigenvalue weighted by Gasteiger charge is -2.14. The molecule has 0 spiro atoms. The highest BCUT2D eigenvalue weighted by molar-refractivity contribution is 5.81. The normalized spacial score (nSPS) is 9.86. The van der Waals surface area contributed by atoms with Crippen molar-refractivity contribution in [2.45, 2.75) is 13.8 Å². The van der Waals surface area contributed by atoms with E-state index in [-0.39, 0.29) is 47.2 Å². The summed E-state index contributed by atoms with van der Waals surface area (Å²) in [5, 5.41) is 18.8. The number of pyridine rings is 1. The maximum Gasteiger partial charge on any atom is 0.344 e. The average molecular weight is 382 g/mol. The molecule has 0 saturated carbocycles. The van der Waals surface area contributed by atoms with Gasteiger partial charge >= 0.3 is 5.97 Å². The molecule has 0 atom stereocenters. The topological polar surface area (TPSA) is 151 Å². The number of hydrogen-bond donors (Lipinski definition) is 2. The third-order valence-electron chi connectivity index (χ3n) is 3.65. The first kappa shape index (κ1) is 20.3. The first-order valence-corrected chi connectivity index (χ1v) is 8.38. The van der Waals surface area contributed by atoms with Gasteiger partial charge in [0.05, 0.1) is 13.2 Å². The lowest BCUT2D eigenvalue weighted by molar-refractivity contribution is -0.145. The number of ether oxygens (including phenoxy) is 3. The molecule has 0 saturated heterocycles. The fraction of sp³-hybridized carbons (Fsp3) is 0.263. The molecule has 0 aliphatic heterocycles. The molecule has 0 bridgehead atoms. The first-order valence-electron chi connectivity index (χ1n) is 8.38. The maximum absolute atomic E-state index is 12.1. The average Bonchev–Trinajstić information content (AvgIpc) is 2.67. The summed E-state index contributed by atoms with van der Waals surface area (Å²) in [7, 11) is 0. The Morgan fingerprint density at radius 2 is 1.82 bits per heavy atom. The molecule has 0 unspecified atom stereocenters. The van der Waals surface area contributed by atoms with E-state index in [9.17, 15) is 20.1 Å². The molecular formula is C19H18N4O5. The second-order valence-corrected chi connectivity index (χ2v) is 5.40. The molecule has 2 rings (SSSR count). The minimum absolute atomic E-state index is 0.0289. The number of aromatic amines is 1. The van der Waals surface area contributed by atoms with Crippen LogP contribution >= 0.6 is 0 Å². The minimum Gasteiger partial charge on any atom is -0.490 e.